The number of hydrogen-bond donors (Lipinski definition) is 1. The van der Waals surface area contributed by atoms with Crippen LogP contribution in [-0.2, 0) is 0 Å². The number of pyridine rings is 2. The lowest BCUT2D eigenvalue weighted by Gasteiger charge is -1.92. The van der Waals surface area contributed by atoms with Crippen molar-refractivity contribution in [3.05, 3.63) is 30.6 Å². The molecule has 3 nitrogen and oxygen atoms in total. The molecular weight excluding hydrogens is 194 g/mol. The Bertz CT molecular complexity index is 615. The van der Waals surface area contributed by atoms with E-state index in [0.29, 0.717) is 5.82 Å². The first kappa shape index (κ1) is 7.70. The van der Waals surface area contributed by atoms with Crippen LogP contribution < -0.4 is 5.73 Å². The number of anilines is 1. The SMILES string of the molecule is Nc1nccc2c1sc1ncccc12. The Balaban J connectivity index is 2.63. The molecule has 0 radical (unpaired) electrons. The Hall–Kier alpha value is -1.68. The van der Waals surface area contributed by atoms with Crippen LogP contribution in [0.15, 0.2) is 30.6 Å². The van der Waals surface area contributed by atoms with Gasteiger partial charge in [-0.05, 0) is 18.2 Å². The maximum Gasteiger partial charge on any atom is 0.141 e. The first-order chi connectivity index (χ1) is 6.86. The lowest BCUT2D eigenvalue weighted by atomic mass is 10.2. The van der Waals surface area contributed by atoms with E-state index in [1.165, 1.54) is 0 Å². The standard InChI is InChI=1S/C10H7N3S/c11-9-8-6(3-5-12-9)7-2-1-4-13-10(7)14-8/h1-5H,(H2,11,12). The lowest BCUT2D eigenvalue weighted by molar-refractivity contribution is 1.38. The number of nitrogen functional groups attached to an aromatic ring is 1. The molecule has 0 saturated carbocycles. The van der Waals surface area contributed by atoms with E-state index in [0.717, 1.165) is 20.3 Å². The molecule has 0 fully saturated rings. The summed E-state index contributed by atoms with van der Waals surface area (Å²) in [5.74, 6) is 0.588. The number of aromatic nitrogens is 2. The van der Waals surface area contributed by atoms with Gasteiger partial charge in [0, 0.05) is 23.2 Å². The van der Waals surface area contributed by atoms with Crippen LogP contribution in [0.3, 0.4) is 0 Å². The van der Waals surface area contributed by atoms with Gasteiger partial charge in [0.15, 0.2) is 0 Å². The highest BCUT2D eigenvalue weighted by Gasteiger charge is 2.07. The highest BCUT2D eigenvalue weighted by atomic mass is 32.1. The summed E-state index contributed by atoms with van der Waals surface area (Å²) < 4.78 is 1.03. The summed E-state index contributed by atoms with van der Waals surface area (Å²) >= 11 is 1.59. The summed E-state index contributed by atoms with van der Waals surface area (Å²) in [4.78, 5) is 9.37. The van der Waals surface area contributed by atoms with E-state index in [4.69, 9.17) is 5.73 Å². The number of nitrogens with two attached hydrogens (primary N) is 1. The molecule has 0 spiro atoms. The molecule has 4 heteroatoms. The van der Waals surface area contributed by atoms with Crippen molar-refractivity contribution in [2.75, 3.05) is 5.73 Å². The molecule has 3 aromatic heterocycles. The van der Waals surface area contributed by atoms with Crippen molar-refractivity contribution >= 4 is 37.5 Å². The van der Waals surface area contributed by atoms with Crippen LogP contribution in [0.5, 0.6) is 0 Å². The zero-order valence-corrected chi connectivity index (χ0v) is 8.08. The zero-order valence-electron chi connectivity index (χ0n) is 7.27. The van der Waals surface area contributed by atoms with Crippen LogP contribution in [0.4, 0.5) is 5.82 Å². The second kappa shape index (κ2) is 2.65. The molecular formula is C10H7N3S. The minimum atomic E-state index is 0.588. The van der Waals surface area contributed by atoms with Crippen molar-refractivity contribution in [1.29, 1.82) is 0 Å². The van der Waals surface area contributed by atoms with Gasteiger partial charge < -0.3 is 5.73 Å². The summed E-state index contributed by atoms with van der Waals surface area (Å²) in [6.07, 6.45) is 3.53. The predicted octanol–water partition coefficient (Wildman–Crippen LogP) is 2.43. The second-order valence-electron chi connectivity index (χ2n) is 3.03. The monoisotopic (exact) mass is 201 g/mol. The van der Waals surface area contributed by atoms with Gasteiger partial charge in [0.25, 0.3) is 0 Å². The molecule has 0 aliphatic heterocycles. The molecule has 0 atom stereocenters. The minimum absolute atomic E-state index is 0.588. The van der Waals surface area contributed by atoms with Crippen LogP contribution in [0, 0.1) is 0 Å². The molecule has 14 heavy (non-hydrogen) atoms. The maximum atomic E-state index is 5.79. The molecule has 0 aromatic carbocycles. The lowest BCUT2D eigenvalue weighted by Crippen LogP contribution is -1.87. The van der Waals surface area contributed by atoms with E-state index in [-0.39, 0.29) is 0 Å². The van der Waals surface area contributed by atoms with Gasteiger partial charge in [-0.3, -0.25) is 0 Å². The largest absolute Gasteiger partial charge is 0.383 e. The molecule has 3 aromatic rings. The predicted molar refractivity (Wildman–Crippen MR) is 59.3 cm³/mol. The maximum absolute atomic E-state index is 5.79. The highest BCUT2D eigenvalue weighted by Crippen LogP contribution is 2.34. The number of thiophene rings is 1. The fraction of sp³-hybridized carbons (Fsp3) is 0. The molecule has 68 valence electrons. The second-order valence-corrected chi connectivity index (χ2v) is 4.03. The number of nitrogens with zero attached hydrogens (tertiary/aromatic N) is 2. The molecule has 0 aliphatic rings. The number of hydrogen-bond acceptors (Lipinski definition) is 4. The van der Waals surface area contributed by atoms with Crippen LogP contribution >= 0.6 is 11.3 Å². The Morgan fingerprint density at radius 2 is 2.00 bits per heavy atom. The van der Waals surface area contributed by atoms with E-state index >= 15 is 0 Å². The molecule has 3 rings (SSSR count). The Kier molecular flexibility index (Phi) is 1.46. The van der Waals surface area contributed by atoms with Gasteiger partial charge in [-0.15, -0.1) is 11.3 Å². The van der Waals surface area contributed by atoms with Crippen LogP contribution in [0.25, 0.3) is 20.3 Å². The number of fused-ring (bicyclic) bond motifs is 3. The first-order valence-electron chi connectivity index (χ1n) is 4.24. The van der Waals surface area contributed by atoms with Gasteiger partial charge in [0.1, 0.15) is 10.6 Å². The molecule has 0 aliphatic carbocycles. The number of rotatable bonds is 0. The van der Waals surface area contributed by atoms with Gasteiger partial charge in [-0.1, -0.05) is 0 Å². The van der Waals surface area contributed by atoms with E-state index in [1.807, 2.05) is 12.1 Å². The third-order valence-electron chi connectivity index (χ3n) is 2.19. The van der Waals surface area contributed by atoms with Crippen molar-refractivity contribution < 1.29 is 0 Å². The van der Waals surface area contributed by atoms with Gasteiger partial charge >= 0.3 is 0 Å². The third-order valence-corrected chi connectivity index (χ3v) is 3.34. The Labute approximate surface area is 84.2 Å². The normalized spacial score (nSPS) is 11.1. The summed E-state index contributed by atoms with van der Waals surface area (Å²) in [6, 6.07) is 5.97. The van der Waals surface area contributed by atoms with Gasteiger partial charge in [0.05, 0.1) is 4.70 Å². The molecule has 2 N–H and O–H groups in total. The summed E-state index contributed by atoms with van der Waals surface area (Å²) in [7, 11) is 0. The van der Waals surface area contributed by atoms with Gasteiger partial charge in [0.2, 0.25) is 0 Å². The van der Waals surface area contributed by atoms with E-state index in [9.17, 15) is 0 Å². The quantitative estimate of drug-likeness (QED) is 0.607. The van der Waals surface area contributed by atoms with Crippen LogP contribution in [0.2, 0.25) is 0 Å². The average molecular weight is 201 g/mol. The van der Waals surface area contributed by atoms with Crippen molar-refractivity contribution in [1.82, 2.24) is 9.97 Å². The molecule has 0 unspecified atom stereocenters. The van der Waals surface area contributed by atoms with Crippen LogP contribution in [-0.4, -0.2) is 9.97 Å². The minimum Gasteiger partial charge on any atom is -0.383 e. The fourth-order valence-corrected chi connectivity index (χ4v) is 2.60. The van der Waals surface area contributed by atoms with Gasteiger partial charge in [-0.2, -0.15) is 0 Å². The third kappa shape index (κ3) is 0.914. The van der Waals surface area contributed by atoms with Crippen molar-refractivity contribution in [2.24, 2.45) is 0 Å². The Morgan fingerprint density at radius 3 is 2.93 bits per heavy atom. The topological polar surface area (TPSA) is 51.8 Å². The van der Waals surface area contributed by atoms with Crippen LogP contribution in [0.1, 0.15) is 0 Å². The molecule has 0 amide bonds. The van der Waals surface area contributed by atoms with E-state index in [2.05, 4.69) is 16.0 Å². The van der Waals surface area contributed by atoms with Gasteiger partial charge in [-0.25, -0.2) is 9.97 Å². The van der Waals surface area contributed by atoms with E-state index in [1.54, 1.807) is 23.7 Å². The summed E-state index contributed by atoms with van der Waals surface area (Å²) in [5.41, 5.74) is 5.79. The summed E-state index contributed by atoms with van der Waals surface area (Å²) in [5, 5.41) is 2.30. The highest BCUT2D eigenvalue weighted by molar-refractivity contribution is 7.26. The van der Waals surface area contributed by atoms with Crippen molar-refractivity contribution in [2.45, 2.75) is 0 Å². The Morgan fingerprint density at radius 1 is 1.07 bits per heavy atom. The average Bonchev–Trinajstić information content (AvgIpc) is 2.59. The van der Waals surface area contributed by atoms with E-state index < -0.39 is 0 Å². The van der Waals surface area contributed by atoms with Crippen molar-refractivity contribution in [3.63, 3.8) is 0 Å². The molecule has 0 bridgehead atoms. The molecule has 3 heterocycles. The zero-order chi connectivity index (χ0) is 9.54. The fourth-order valence-electron chi connectivity index (χ4n) is 1.56. The molecule has 0 saturated heterocycles. The summed E-state index contributed by atoms with van der Waals surface area (Å²) in [6.45, 7) is 0. The van der Waals surface area contributed by atoms with Crippen molar-refractivity contribution in [3.8, 4) is 0 Å². The first-order valence-corrected chi connectivity index (χ1v) is 5.05. The smallest absolute Gasteiger partial charge is 0.141 e.